The van der Waals surface area contributed by atoms with Gasteiger partial charge in [0, 0.05) is 34.7 Å². The molecule has 8 nitrogen and oxygen atoms in total. The lowest BCUT2D eigenvalue weighted by atomic mass is 10.2. The fourth-order valence-corrected chi connectivity index (χ4v) is 3.77. The molecule has 1 amide bonds. The Hall–Kier alpha value is -2.62. The maximum absolute atomic E-state index is 12.6. The van der Waals surface area contributed by atoms with Crippen molar-refractivity contribution in [2.24, 2.45) is 0 Å². The maximum Gasteiger partial charge on any atom is 0.242 e. The van der Waals surface area contributed by atoms with Crippen LogP contribution in [-0.2, 0) is 14.8 Å². The van der Waals surface area contributed by atoms with Crippen LogP contribution in [0, 0.1) is 6.92 Å². The number of amides is 1. The Morgan fingerprint density at radius 1 is 1.00 bits per heavy atom. The Morgan fingerprint density at radius 3 is 2.23 bits per heavy atom. The molecule has 0 radical (unpaired) electrons. The zero-order valence-corrected chi connectivity index (χ0v) is 19.9. The summed E-state index contributed by atoms with van der Waals surface area (Å²) in [5, 5.41) is 2.84. The maximum atomic E-state index is 12.6. The van der Waals surface area contributed by atoms with Gasteiger partial charge in [-0.15, -0.1) is 0 Å². The summed E-state index contributed by atoms with van der Waals surface area (Å²) >= 11 is 0. The van der Waals surface area contributed by atoms with Crippen molar-refractivity contribution in [3.63, 3.8) is 0 Å². The minimum atomic E-state index is -3.61. The number of anilines is 2. The third kappa shape index (κ3) is 6.95. The molecule has 0 aliphatic carbocycles. The fourth-order valence-electron chi connectivity index (χ4n) is 2.84. The van der Waals surface area contributed by atoms with E-state index >= 15 is 0 Å². The quantitative estimate of drug-likeness (QED) is 0.600. The van der Waals surface area contributed by atoms with Crippen LogP contribution < -0.4 is 15.0 Å². The van der Waals surface area contributed by atoms with Gasteiger partial charge in [0.1, 0.15) is 12.4 Å². The Morgan fingerprint density at radius 2 is 1.65 bits per heavy atom. The number of nitrogens with zero attached hydrogens (tertiary/aromatic N) is 3. The third-order valence-electron chi connectivity index (χ3n) is 4.68. The zero-order chi connectivity index (χ0) is 23.2. The minimum Gasteiger partial charge on any atom is -0.492 e. The van der Waals surface area contributed by atoms with Gasteiger partial charge in [-0.3, -0.25) is 9.69 Å². The zero-order valence-electron chi connectivity index (χ0n) is 19.0. The van der Waals surface area contributed by atoms with Crippen molar-refractivity contribution in [3.8, 4) is 5.75 Å². The molecule has 0 bridgehead atoms. The van der Waals surface area contributed by atoms with Crippen LogP contribution in [0.5, 0.6) is 5.75 Å². The lowest BCUT2D eigenvalue weighted by Crippen LogP contribution is -2.33. The van der Waals surface area contributed by atoms with E-state index in [-0.39, 0.29) is 17.3 Å². The molecule has 0 spiro atoms. The van der Waals surface area contributed by atoms with E-state index in [0.29, 0.717) is 18.8 Å². The molecular formula is C22H32N4O4S. The van der Waals surface area contributed by atoms with Gasteiger partial charge in [0.2, 0.25) is 15.9 Å². The van der Waals surface area contributed by atoms with E-state index in [0.717, 1.165) is 15.7 Å². The standard InChI is InChI=1S/C22H32N4O4S/c1-17-7-9-18(10-8-17)30-14-13-26(6)16-22(27)23-20-15-19(31(28,29)25(4)5)11-12-21(20)24(2)3/h7-12,15H,13-14,16H2,1-6H3,(H,23,27). The number of nitrogens with one attached hydrogen (secondary N) is 1. The number of benzene rings is 2. The van der Waals surface area contributed by atoms with Crippen LogP contribution in [0.3, 0.4) is 0 Å². The van der Waals surface area contributed by atoms with Crippen LogP contribution in [-0.4, -0.2) is 78.5 Å². The summed E-state index contributed by atoms with van der Waals surface area (Å²) in [7, 11) is 4.84. The molecule has 0 heterocycles. The van der Waals surface area contributed by atoms with Gasteiger partial charge in [0.05, 0.1) is 22.8 Å². The number of hydrogen-bond acceptors (Lipinski definition) is 6. The molecule has 9 heteroatoms. The van der Waals surface area contributed by atoms with E-state index in [2.05, 4.69) is 5.32 Å². The van der Waals surface area contributed by atoms with Crippen molar-refractivity contribution < 1.29 is 17.9 Å². The van der Waals surface area contributed by atoms with Crippen LogP contribution in [0.1, 0.15) is 5.56 Å². The fraction of sp³-hybridized carbons (Fsp3) is 0.409. The second kappa shape index (κ2) is 10.6. The first-order chi connectivity index (χ1) is 14.5. The molecule has 1 N–H and O–H groups in total. The number of ether oxygens (including phenoxy) is 1. The lowest BCUT2D eigenvalue weighted by molar-refractivity contribution is -0.117. The largest absolute Gasteiger partial charge is 0.492 e. The van der Waals surface area contributed by atoms with Crippen LogP contribution >= 0.6 is 0 Å². The van der Waals surface area contributed by atoms with Crippen LogP contribution in [0.2, 0.25) is 0 Å². The summed E-state index contributed by atoms with van der Waals surface area (Å²) in [6.45, 7) is 3.18. The van der Waals surface area contributed by atoms with Crippen molar-refractivity contribution in [3.05, 3.63) is 48.0 Å². The molecule has 0 saturated carbocycles. The van der Waals surface area contributed by atoms with Crippen molar-refractivity contribution in [1.29, 1.82) is 0 Å². The van der Waals surface area contributed by atoms with Gasteiger partial charge in [0.15, 0.2) is 0 Å². The molecule has 2 aromatic carbocycles. The monoisotopic (exact) mass is 448 g/mol. The van der Waals surface area contributed by atoms with Crippen LogP contribution in [0.4, 0.5) is 11.4 Å². The summed E-state index contributed by atoms with van der Waals surface area (Å²) < 4.78 is 31.8. The van der Waals surface area contributed by atoms with E-state index in [1.54, 1.807) is 6.07 Å². The summed E-state index contributed by atoms with van der Waals surface area (Å²) in [6.07, 6.45) is 0. The number of rotatable bonds is 10. The second-order valence-electron chi connectivity index (χ2n) is 7.81. The summed E-state index contributed by atoms with van der Waals surface area (Å²) in [4.78, 5) is 16.4. The number of sulfonamides is 1. The third-order valence-corrected chi connectivity index (χ3v) is 6.49. The molecule has 0 aromatic heterocycles. The molecule has 2 aromatic rings. The van der Waals surface area contributed by atoms with Gasteiger partial charge < -0.3 is 15.0 Å². The van der Waals surface area contributed by atoms with Gasteiger partial charge in [-0.25, -0.2) is 12.7 Å². The van der Waals surface area contributed by atoms with Crippen LogP contribution in [0.25, 0.3) is 0 Å². The van der Waals surface area contributed by atoms with Gasteiger partial charge in [0.25, 0.3) is 0 Å². The molecular weight excluding hydrogens is 416 g/mol. The first-order valence-corrected chi connectivity index (χ1v) is 11.4. The predicted molar refractivity (Wildman–Crippen MR) is 124 cm³/mol. The molecule has 0 atom stereocenters. The molecule has 0 aliphatic heterocycles. The molecule has 0 unspecified atom stereocenters. The van der Waals surface area contributed by atoms with Crippen molar-refractivity contribution in [2.75, 3.05) is 65.2 Å². The Balaban J connectivity index is 2.00. The highest BCUT2D eigenvalue weighted by molar-refractivity contribution is 7.89. The average Bonchev–Trinajstić information content (AvgIpc) is 2.69. The number of likely N-dealkylation sites (N-methyl/N-ethyl adjacent to an activating group) is 1. The molecule has 0 fully saturated rings. The number of carbonyl (C=O) groups is 1. The number of aryl methyl sites for hydroxylation is 1. The van der Waals surface area contributed by atoms with Crippen molar-refractivity contribution in [2.45, 2.75) is 11.8 Å². The summed E-state index contributed by atoms with van der Waals surface area (Å²) in [5.74, 6) is 0.554. The Labute approximate surface area is 185 Å². The number of hydrogen-bond donors (Lipinski definition) is 1. The number of carbonyl (C=O) groups excluding carboxylic acids is 1. The highest BCUT2D eigenvalue weighted by Crippen LogP contribution is 2.28. The second-order valence-corrected chi connectivity index (χ2v) is 9.96. The van der Waals surface area contributed by atoms with E-state index in [4.69, 9.17) is 4.74 Å². The lowest BCUT2D eigenvalue weighted by Gasteiger charge is -2.21. The molecule has 31 heavy (non-hydrogen) atoms. The predicted octanol–water partition coefficient (Wildman–Crippen LogP) is 2.26. The van der Waals surface area contributed by atoms with Gasteiger partial charge in [-0.2, -0.15) is 0 Å². The van der Waals surface area contributed by atoms with E-state index in [9.17, 15) is 13.2 Å². The topological polar surface area (TPSA) is 82.2 Å². The first-order valence-electron chi connectivity index (χ1n) is 9.92. The van der Waals surface area contributed by atoms with Crippen LogP contribution in [0.15, 0.2) is 47.4 Å². The normalized spacial score (nSPS) is 11.6. The molecule has 2 rings (SSSR count). The summed E-state index contributed by atoms with van der Waals surface area (Å²) in [5.41, 5.74) is 2.33. The molecule has 170 valence electrons. The minimum absolute atomic E-state index is 0.123. The average molecular weight is 449 g/mol. The highest BCUT2D eigenvalue weighted by Gasteiger charge is 2.20. The van der Waals surface area contributed by atoms with E-state index < -0.39 is 10.0 Å². The SMILES string of the molecule is Cc1ccc(OCCN(C)CC(=O)Nc2cc(S(=O)(=O)N(C)C)ccc2N(C)C)cc1. The molecule has 0 saturated heterocycles. The van der Waals surface area contributed by atoms with Gasteiger partial charge in [-0.1, -0.05) is 17.7 Å². The smallest absolute Gasteiger partial charge is 0.242 e. The highest BCUT2D eigenvalue weighted by atomic mass is 32.2. The molecule has 0 aliphatic rings. The van der Waals surface area contributed by atoms with Gasteiger partial charge >= 0.3 is 0 Å². The van der Waals surface area contributed by atoms with E-state index in [1.807, 2.05) is 62.1 Å². The van der Waals surface area contributed by atoms with Gasteiger partial charge in [-0.05, 0) is 44.3 Å². The van der Waals surface area contributed by atoms with Crippen molar-refractivity contribution >= 4 is 27.3 Å². The van der Waals surface area contributed by atoms with E-state index in [1.165, 1.54) is 31.8 Å². The summed E-state index contributed by atoms with van der Waals surface area (Å²) in [6, 6.07) is 12.5. The van der Waals surface area contributed by atoms with Crippen molar-refractivity contribution in [1.82, 2.24) is 9.21 Å². The Bertz CT molecular complexity index is 989. The Kier molecular flexibility index (Phi) is 8.43. The first kappa shape index (κ1) is 24.6.